The highest BCUT2D eigenvalue weighted by atomic mass is 16.6. The van der Waals surface area contributed by atoms with Crippen LogP contribution in [0.4, 0.5) is 9.59 Å². The highest BCUT2D eigenvalue weighted by molar-refractivity contribution is 5.98. The summed E-state index contributed by atoms with van der Waals surface area (Å²) in [7, 11) is 0. The summed E-state index contributed by atoms with van der Waals surface area (Å²) < 4.78 is 24.1. The Kier molecular flexibility index (Phi) is 35.0. The lowest BCUT2D eigenvalue weighted by Crippen LogP contribution is -2.62. The van der Waals surface area contributed by atoms with E-state index in [4.69, 9.17) is 18.9 Å². The molecule has 0 unspecified atom stereocenters. The molecule has 0 aliphatic carbocycles. The van der Waals surface area contributed by atoms with E-state index in [0.717, 1.165) is 38.7 Å². The number of hydrogen-bond donors (Lipinski definition) is 11. The van der Waals surface area contributed by atoms with Crippen molar-refractivity contribution in [3.63, 3.8) is 0 Å². The Morgan fingerprint density at radius 1 is 0.317 bits per heavy atom. The van der Waals surface area contributed by atoms with Gasteiger partial charge in [0.15, 0.2) is 0 Å². The number of nitrogens with one attached hydrogen (secondary N) is 11. The van der Waals surface area contributed by atoms with Crippen molar-refractivity contribution in [2.24, 2.45) is 0 Å². The first-order chi connectivity index (χ1) is 61.0. The molecule has 11 rings (SSSR count). The molecule has 10 amide bonds. The second kappa shape index (κ2) is 47.6. The molecule has 1 aromatic heterocycles. The molecule has 0 saturated heterocycles. The number of alkyl carbamates (subject to hydrolysis) is 2. The quantitative estimate of drug-likeness (QED) is 0.0158. The van der Waals surface area contributed by atoms with Gasteiger partial charge in [0.1, 0.15) is 60.5 Å². The lowest BCUT2D eigenvalue weighted by atomic mass is 9.97. The van der Waals surface area contributed by atoms with Crippen LogP contribution in [0.15, 0.2) is 303 Å². The molecule has 25 nitrogen and oxygen atoms in total. The summed E-state index contributed by atoms with van der Waals surface area (Å²) >= 11 is 0. The Hall–Kier alpha value is -14.0. The van der Waals surface area contributed by atoms with Gasteiger partial charge >= 0.3 is 12.2 Å². The van der Waals surface area contributed by atoms with Crippen molar-refractivity contribution >= 4 is 70.3 Å². The van der Waals surface area contributed by atoms with Crippen LogP contribution in [0.2, 0.25) is 0 Å². The van der Waals surface area contributed by atoms with Crippen LogP contribution >= 0.6 is 0 Å². The van der Waals surface area contributed by atoms with Crippen LogP contribution in [0.1, 0.15) is 116 Å². The molecule has 654 valence electrons. The molecular weight excluding hydrogens is 1590 g/mol. The normalized spacial score (nSPS) is 13.6. The average Bonchev–Trinajstić information content (AvgIpc) is 1.59. The number of carbonyl (C=O) groups is 10. The van der Waals surface area contributed by atoms with Gasteiger partial charge in [-0.15, -0.1) is 0 Å². The summed E-state index contributed by atoms with van der Waals surface area (Å²) in [6, 6.07) is 78.2. The summed E-state index contributed by atoms with van der Waals surface area (Å²) in [6.07, 6.45) is -2.05. The number of H-pyrrole nitrogens is 1. The van der Waals surface area contributed by atoms with Crippen LogP contribution < -0.4 is 53.2 Å². The standard InChI is InChI=1S/C101H111N11O14/c1-68(123-65-74-45-23-10-24-46-74)88(97(119)107-85(61-72-41-19-8-20-42-72)96(118)111-89(69(2)124-66-75-47-25-11-26-48-75)98(120)112-90(77-51-29-13-30-52-77)78-53-31-14-32-54-78)110-92(114)82(108-99(121)125-67-76-49-27-12-28-50-76)57-35-36-58-102-91(113)87(63-79-64-103-81-56-34-33-55-80(79)81)106-94(116)84(60-71-39-17-7-18-40-71)104-93(115)83(59-70-37-15-6-16-38-70)105-95(117)86(62-73-43-21-9-22-44-73)109-100(122)126-101(3,4)5/h6-34,37-56,64,68-69,82-90,103H,35-36,57-63,65-67H2,1-5H3,(H,102,113)(H,104,115)(H,105,117)(H,106,116)(H,107,119)(H,108,121)(H,109,122)(H,110,114)(H,111,118)(H,112,120)/t68-,69-,82+,83+,84+,85+,86-,87-,88+,89+/m1/s1. The van der Waals surface area contributed by atoms with E-state index in [9.17, 15) is 14.4 Å². The van der Waals surface area contributed by atoms with Gasteiger partial charge in [-0.2, -0.15) is 0 Å². The van der Waals surface area contributed by atoms with E-state index in [1.54, 1.807) is 150 Å². The predicted molar refractivity (Wildman–Crippen MR) is 482 cm³/mol. The van der Waals surface area contributed by atoms with E-state index >= 15 is 33.6 Å². The van der Waals surface area contributed by atoms with Gasteiger partial charge in [-0.05, 0) is 116 Å². The number of unbranched alkanes of at least 4 members (excludes halogenated alkanes) is 1. The minimum Gasteiger partial charge on any atom is -0.445 e. The molecule has 0 fully saturated rings. The number of rotatable bonds is 44. The van der Waals surface area contributed by atoms with Crippen molar-refractivity contribution in [2.45, 2.75) is 178 Å². The van der Waals surface area contributed by atoms with Gasteiger partial charge in [0, 0.05) is 55.7 Å². The molecule has 11 aromatic rings. The Bertz CT molecular complexity index is 5250. The largest absolute Gasteiger partial charge is 0.445 e. The zero-order valence-electron chi connectivity index (χ0n) is 71.4. The molecule has 10 aromatic carbocycles. The fourth-order valence-corrected chi connectivity index (χ4v) is 14.5. The van der Waals surface area contributed by atoms with Gasteiger partial charge in [-0.3, -0.25) is 38.4 Å². The highest BCUT2D eigenvalue weighted by Crippen LogP contribution is 2.25. The smallest absolute Gasteiger partial charge is 0.408 e. The van der Waals surface area contributed by atoms with Crippen molar-refractivity contribution in [3.8, 4) is 0 Å². The molecule has 11 N–H and O–H groups in total. The third-order valence-corrected chi connectivity index (χ3v) is 21.2. The predicted octanol–water partition coefficient (Wildman–Crippen LogP) is 12.2. The Morgan fingerprint density at radius 2 is 0.643 bits per heavy atom. The summed E-state index contributed by atoms with van der Waals surface area (Å²) in [5, 5.41) is 30.0. The third-order valence-electron chi connectivity index (χ3n) is 21.2. The number of fused-ring (bicyclic) bond motifs is 1. The van der Waals surface area contributed by atoms with Crippen molar-refractivity contribution in [3.05, 3.63) is 359 Å². The zero-order valence-corrected chi connectivity index (χ0v) is 71.4. The van der Waals surface area contributed by atoms with Crippen LogP contribution in [0.25, 0.3) is 10.9 Å². The maximum atomic E-state index is 15.6. The number of carbonyl (C=O) groups excluding carboxylic acids is 10. The first-order valence-electron chi connectivity index (χ1n) is 42.5. The summed E-state index contributed by atoms with van der Waals surface area (Å²) in [5.74, 6) is -5.79. The van der Waals surface area contributed by atoms with Gasteiger partial charge in [0.2, 0.25) is 47.3 Å². The number of ether oxygens (including phenoxy) is 4. The fraction of sp³-hybridized carbons (Fsp3) is 0.287. The highest BCUT2D eigenvalue weighted by Gasteiger charge is 2.39. The van der Waals surface area contributed by atoms with E-state index < -0.39 is 132 Å². The summed E-state index contributed by atoms with van der Waals surface area (Å²) in [6.45, 7) is 8.27. The topological polar surface area (TPSA) is 344 Å². The lowest BCUT2D eigenvalue weighted by molar-refractivity contribution is -0.138. The molecule has 0 spiro atoms. The molecule has 0 radical (unpaired) electrons. The first-order valence-corrected chi connectivity index (χ1v) is 42.5. The number of para-hydroxylation sites is 1. The number of hydrogen-bond acceptors (Lipinski definition) is 14. The van der Waals surface area contributed by atoms with E-state index in [1.165, 1.54) is 0 Å². The van der Waals surface area contributed by atoms with Crippen LogP contribution in [0.3, 0.4) is 0 Å². The average molecular weight is 1700 g/mol. The lowest BCUT2D eigenvalue weighted by Gasteiger charge is -2.31. The van der Waals surface area contributed by atoms with Gasteiger partial charge in [0.25, 0.3) is 0 Å². The zero-order chi connectivity index (χ0) is 89.0. The molecule has 0 aliphatic rings. The molecular formula is C101H111N11O14. The van der Waals surface area contributed by atoms with E-state index in [0.29, 0.717) is 27.8 Å². The van der Waals surface area contributed by atoms with Gasteiger partial charge in [-0.1, -0.05) is 291 Å². The molecule has 10 atom stereocenters. The summed E-state index contributed by atoms with van der Waals surface area (Å²) in [5.41, 5.74) is 7.03. The van der Waals surface area contributed by atoms with Crippen LogP contribution in [0, 0.1) is 0 Å². The minimum atomic E-state index is -1.57. The van der Waals surface area contributed by atoms with Crippen LogP contribution in [-0.2, 0) is 109 Å². The van der Waals surface area contributed by atoms with E-state index in [1.807, 2.05) is 188 Å². The van der Waals surface area contributed by atoms with E-state index in [-0.39, 0.29) is 77.7 Å². The molecule has 1 heterocycles. The summed E-state index contributed by atoms with van der Waals surface area (Å²) in [4.78, 5) is 152. The maximum Gasteiger partial charge on any atom is 0.408 e. The molecule has 126 heavy (non-hydrogen) atoms. The molecule has 0 saturated carbocycles. The SMILES string of the molecule is C[C@@H](OCc1ccccc1)[C@H](NC(=O)[C@H](Cc1ccccc1)NC(=O)[C@@H](NC(=O)[C@H](CCCCNC(=O)[C@@H](Cc1c[nH]c2ccccc12)NC(=O)[C@H](Cc1ccccc1)NC(=O)[C@H](Cc1ccccc1)NC(=O)[C@@H](Cc1ccccc1)NC(=O)OC(C)(C)C)NC(=O)OCc1ccccc1)[C@@H](C)OCc1ccccc1)C(=O)NC(c1ccccc1)c1ccccc1. The Morgan fingerprint density at radius 3 is 1.06 bits per heavy atom. The van der Waals surface area contributed by atoms with Crippen molar-refractivity contribution in [1.82, 2.24) is 58.2 Å². The van der Waals surface area contributed by atoms with Crippen molar-refractivity contribution in [2.75, 3.05) is 6.54 Å². The number of aromatic nitrogens is 1. The molecule has 0 aliphatic heterocycles. The monoisotopic (exact) mass is 1700 g/mol. The van der Waals surface area contributed by atoms with Gasteiger partial charge in [0.05, 0.1) is 31.5 Å². The Labute approximate surface area is 735 Å². The molecule has 25 heteroatoms. The van der Waals surface area contributed by atoms with Crippen LogP contribution in [-0.4, -0.2) is 137 Å². The van der Waals surface area contributed by atoms with Crippen molar-refractivity contribution in [1.29, 1.82) is 0 Å². The first kappa shape index (κ1) is 92.7. The van der Waals surface area contributed by atoms with Gasteiger partial charge in [-0.25, -0.2) is 9.59 Å². The number of benzene rings is 10. The maximum absolute atomic E-state index is 15.6. The molecule has 0 bridgehead atoms. The number of amides is 10. The van der Waals surface area contributed by atoms with E-state index in [2.05, 4.69) is 58.2 Å². The number of aromatic amines is 1. The van der Waals surface area contributed by atoms with Crippen molar-refractivity contribution < 1.29 is 66.9 Å². The third kappa shape index (κ3) is 29.6. The van der Waals surface area contributed by atoms with Gasteiger partial charge < -0.3 is 77.1 Å². The second-order valence-corrected chi connectivity index (χ2v) is 32.1. The second-order valence-electron chi connectivity index (χ2n) is 32.1. The Balaban J connectivity index is 0.833. The fourth-order valence-electron chi connectivity index (χ4n) is 14.5. The van der Waals surface area contributed by atoms with Crippen LogP contribution in [0.5, 0.6) is 0 Å². The minimum absolute atomic E-state index is 0.0111.